The Morgan fingerprint density at radius 1 is 1.11 bits per heavy atom. The zero-order valence-electron chi connectivity index (χ0n) is 20.7. The van der Waals surface area contributed by atoms with E-state index >= 15 is 0 Å². The smallest absolute Gasteiger partial charge is 0.251 e. The first-order valence-electron chi connectivity index (χ1n) is 11.2. The van der Waals surface area contributed by atoms with Crippen LogP contribution in [0.1, 0.15) is 42.3 Å². The third-order valence-corrected chi connectivity index (χ3v) is 5.07. The van der Waals surface area contributed by atoms with Crippen molar-refractivity contribution >= 4 is 28.9 Å². The van der Waals surface area contributed by atoms with E-state index in [0.29, 0.717) is 22.8 Å². The van der Waals surface area contributed by atoms with E-state index in [1.165, 1.54) is 6.20 Å². The molecule has 0 unspecified atom stereocenters. The molecule has 0 fully saturated rings. The summed E-state index contributed by atoms with van der Waals surface area (Å²) in [6.45, 7) is 7.79. The molecule has 0 radical (unpaired) electrons. The highest BCUT2D eigenvalue weighted by molar-refractivity contribution is 5.99. The highest BCUT2D eigenvalue weighted by atomic mass is 16.5. The Bertz CT molecular complexity index is 1310. The number of pyridine rings is 1. The quantitative estimate of drug-likeness (QED) is 0.448. The number of benzene rings is 2. The van der Waals surface area contributed by atoms with Crippen molar-refractivity contribution < 1.29 is 14.3 Å². The maximum absolute atomic E-state index is 12.5. The molecule has 1 heterocycles. The van der Waals surface area contributed by atoms with Crippen molar-refractivity contribution in [2.45, 2.75) is 39.7 Å². The maximum atomic E-state index is 12.5. The average Bonchev–Trinajstić information content (AvgIpc) is 2.82. The summed E-state index contributed by atoms with van der Waals surface area (Å²) in [5.41, 5.74) is 8.75. The first-order chi connectivity index (χ1) is 16.6. The SMILES string of the molecule is CNC(=O)c1ccc2nccc(Oc3ccc(CC(=O)N/C(C=NC(C)(C)C)=C/N)cc3C)c2c1. The minimum absolute atomic E-state index is 0.176. The van der Waals surface area contributed by atoms with Gasteiger partial charge < -0.3 is 21.1 Å². The van der Waals surface area contributed by atoms with Gasteiger partial charge in [-0.05, 0) is 69.2 Å². The van der Waals surface area contributed by atoms with Crippen LogP contribution in [-0.2, 0) is 11.2 Å². The lowest BCUT2D eigenvalue weighted by Crippen LogP contribution is -2.26. The fourth-order valence-corrected chi connectivity index (χ4v) is 3.32. The van der Waals surface area contributed by atoms with Crippen LogP contribution in [0, 0.1) is 6.92 Å². The second-order valence-corrected chi connectivity index (χ2v) is 9.10. The van der Waals surface area contributed by atoms with Gasteiger partial charge in [0.25, 0.3) is 5.91 Å². The van der Waals surface area contributed by atoms with Gasteiger partial charge in [-0.25, -0.2) is 0 Å². The Hall–Kier alpha value is -4.20. The summed E-state index contributed by atoms with van der Waals surface area (Å²) in [4.78, 5) is 33.3. The molecule has 3 rings (SSSR count). The number of aliphatic imine (C=N–C) groups is 1. The van der Waals surface area contributed by atoms with Gasteiger partial charge in [0, 0.05) is 36.6 Å². The Kier molecular flexibility index (Phi) is 7.86. The average molecular weight is 474 g/mol. The van der Waals surface area contributed by atoms with Crippen LogP contribution in [0.2, 0.25) is 0 Å². The van der Waals surface area contributed by atoms with E-state index in [2.05, 4.69) is 20.6 Å². The largest absolute Gasteiger partial charge is 0.456 e. The van der Waals surface area contributed by atoms with E-state index in [-0.39, 0.29) is 23.8 Å². The third kappa shape index (κ3) is 6.89. The predicted molar refractivity (Wildman–Crippen MR) is 139 cm³/mol. The number of aromatic nitrogens is 1. The zero-order chi connectivity index (χ0) is 25.6. The molecule has 1 aromatic heterocycles. The second kappa shape index (κ2) is 10.8. The number of nitrogens with one attached hydrogen (secondary N) is 2. The number of ether oxygens (including phenoxy) is 1. The molecule has 0 saturated heterocycles. The van der Waals surface area contributed by atoms with Crippen LogP contribution in [-0.4, -0.2) is 35.6 Å². The molecule has 0 aliphatic heterocycles. The first-order valence-corrected chi connectivity index (χ1v) is 11.2. The molecule has 0 bridgehead atoms. The molecule has 8 nitrogen and oxygen atoms in total. The van der Waals surface area contributed by atoms with Crippen LogP contribution in [0.25, 0.3) is 10.9 Å². The van der Waals surface area contributed by atoms with Crippen LogP contribution >= 0.6 is 0 Å². The lowest BCUT2D eigenvalue weighted by molar-refractivity contribution is -0.119. The van der Waals surface area contributed by atoms with Gasteiger partial charge in [0.1, 0.15) is 11.5 Å². The van der Waals surface area contributed by atoms with Crippen LogP contribution in [0.4, 0.5) is 0 Å². The lowest BCUT2D eigenvalue weighted by Gasteiger charge is -2.13. The summed E-state index contributed by atoms with van der Waals surface area (Å²) in [7, 11) is 1.59. The number of fused-ring (bicyclic) bond motifs is 1. The number of carbonyl (C=O) groups is 2. The van der Waals surface area contributed by atoms with Crippen molar-refractivity contribution in [1.29, 1.82) is 0 Å². The zero-order valence-corrected chi connectivity index (χ0v) is 20.7. The number of hydrogen-bond acceptors (Lipinski definition) is 6. The summed E-state index contributed by atoms with van der Waals surface area (Å²) in [5, 5.41) is 6.13. The summed E-state index contributed by atoms with van der Waals surface area (Å²) >= 11 is 0. The molecule has 2 amide bonds. The molecule has 3 aromatic rings. The highest BCUT2D eigenvalue weighted by Crippen LogP contribution is 2.31. The van der Waals surface area contributed by atoms with E-state index in [0.717, 1.165) is 22.0 Å². The van der Waals surface area contributed by atoms with Crippen LogP contribution in [0.5, 0.6) is 11.5 Å². The van der Waals surface area contributed by atoms with Gasteiger partial charge in [-0.1, -0.05) is 12.1 Å². The number of hydrogen-bond donors (Lipinski definition) is 3. The van der Waals surface area contributed by atoms with Gasteiger partial charge >= 0.3 is 0 Å². The Labute approximate surface area is 205 Å². The minimum Gasteiger partial charge on any atom is -0.456 e. The number of aryl methyl sites for hydroxylation is 1. The normalized spacial score (nSPS) is 12.1. The summed E-state index contributed by atoms with van der Waals surface area (Å²) in [6.07, 6.45) is 4.73. The Morgan fingerprint density at radius 2 is 1.89 bits per heavy atom. The van der Waals surface area contributed by atoms with Gasteiger partial charge in [0.2, 0.25) is 5.91 Å². The molecule has 0 aliphatic rings. The molecule has 2 aromatic carbocycles. The number of amides is 2. The second-order valence-electron chi connectivity index (χ2n) is 9.10. The van der Waals surface area contributed by atoms with Gasteiger partial charge in [-0.3, -0.25) is 19.6 Å². The number of nitrogens with two attached hydrogens (primary N) is 1. The van der Waals surface area contributed by atoms with Crippen molar-refractivity contribution in [1.82, 2.24) is 15.6 Å². The molecular formula is C27H31N5O3. The molecule has 0 atom stereocenters. The summed E-state index contributed by atoms with van der Waals surface area (Å²) < 4.78 is 6.18. The van der Waals surface area contributed by atoms with Crippen LogP contribution in [0.15, 0.2) is 65.6 Å². The summed E-state index contributed by atoms with van der Waals surface area (Å²) in [5.74, 6) is 0.854. The monoisotopic (exact) mass is 473 g/mol. The predicted octanol–water partition coefficient (Wildman–Crippen LogP) is 4.02. The minimum atomic E-state index is -0.268. The fraction of sp³-hybridized carbons (Fsp3) is 0.259. The van der Waals surface area contributed by atoms with E-state index in [1.54, 1.807) is 43.7 Å². The molecule has 0 aliphatic carbocycles. The van der Waals surface area contributed by atoms with Crippen molar-refractivity contribution in [2.24, 2.45) is 10.7 Å². The van der Waals surface area contributed by atoms with Crippen molar-refractivity contribution in [2.75, 3.05) is 7.05 Å². The van der Waals surface area contributed by atoms with Crippen LogP contribution in [0.3, 0.4) is 0 Å². The summed E-state index contributed by atoms with van der Waals surface area (Å²) in [6, 6.07) is 12.6. The van der Waals surface area contributed by atoms with Crippen molar-refractivity contribution in [3.8, 4) is 11.5 Å². The molecule has 8 heteroatoms. The van der Waals surface area contributed by atoms with Crippen molar-refractivity contribution in [3.05, 3.63) is 77.2 Å². The molecule has 182 valence electrons. The number of rotatable bonds is 7. The highest BCUT2D eigenvalue weighted by Gasteiger charge is 2.12. The fourth-order valence-electron chi connectivity index (χ4n) is 3.32. The van der Waals surface area contributed by atoms with E-state index in [4.69, 9.17) is 10.5 Å². The van der Waals surface area contributed by atoms with E-state index in [9.17, 15) is 9.59 Å². The number of carbonyl (C=O) groups excluding carboxylic acids is 2. The van der Waals surface area contributed by atoms with Gasteiger partial charge in [0.15, 0.2) is 0 Å². The lowest BCUT2D eigenvalue weighted by atomic mass is 10.1. The number of allylic oxidation sites excluding steroid dienone is 1. The molecular weight excluding hydrogens is 442 g/mol. The van der Waals surface area contributed by atoms with E-state index in [1.807, 2.05) is 45.9 Å². The van der Waals surface area contributed by atoms with Gasteiger partial charge in [0.05, 0.1) is 23.2 Å². The van der Waals surface area contributed by atoms with Gasteiger partial charge in [-0.15, -0.1) is 0 Å². The molecule has 0 saturated carbocycles. The first kappa shape index (κ1) is 25.4. The Morgan fingerprint density at radius 3 is 2.54 bits per heavy atom. The van der Waals surface area contributed by atoms with Crippen molar-refractivity contribution in [3.63, 3.8) is 0 Å². The molecule has 35 heavy (non-hydrogen) atoms. The maximum Gasteiger partial charge on any atom is 0.251 e. The topological polar surface area (TPSA) is 119 Å². The Balaban J connectivity index is 1.75. The molecule has 4 N–H and O–H groups in total. The molecule has 0 spiro atoms. The van der Waals surface area contributed by atoms with Gasteiger partial charge in [-0.2, -0.15) is 0 Å². The van der Waals surface area contributed by atoms with Crippen LogP contribution < -0.4 is 21.1 Å². The third-order valence-electron chi connectivity index (χ3n) is 5.07. The number of nitrogens with zero attached hydrogens (tertiary/aromatic N) is 2. The standard InChI is InChI=1S/C27H31N5O3/c1-17-12-18(13-25(33)32-20(15-28)16-31-27(2,3)4)6-9-23(17)35-24-10-11-30-22-8-7-19(14-21(22)24)26(34)29-5/h6-12,14-16H,13,28H2,1-5H3,(H,29,34)(H,32,33)/b20-15+,31-16?. The van der Waals surface area contributed by atoms with E-state index < -0.39 is 0 Å².